The van der Waals surface area contributed by atoms with Crippen LogP contribution < -0.4 is 0 Å². The molecule has 1 saturated carbocycles. The lowest BCUT2D eigenvalue weighted by molar-refractivity contribution is -0.122. The first kappa shape index (κ1) is 22.6. The van der Waals surface area contributed by atoms with E-state index < -0.39 is 0 Å². The van der Waals surface area contributed by atoms with Crippen molar-refractivity contribution in [2.75, 3.05) is 40.0 Å². The van der Waals surface area contributed by atoms with Crippen LogP contribution in [0.25, 0.3) is 0 Å². The van der Waals surface area contributed by atoms with Crippen LogP contribution in [0, 0.1) is 11.3 Å². The van der Waals surface area contributed by atoms with Gasteiger partial charge in [-0.25, -0.2) is 4.79 Å². The number of piperidine rings is 1. The monoisotopic (exact) mass is 449 g/mol. The van der Waals surface area contributed by atoms with Gasteiger partial charge in [-0.1, -0.05) is 11.6 Å². The van der Waals surface area contributed by atoms with Crippen LogP contribution in [0.15, 0.2) is 11.6 Å². The van der Waals surface area contributed by atoms with E-state index in [0.717, 1.165) is 71.4 Å². The Bertz CT molecular complexity index is 744. The maximum atomic E-state index is 13.1. The van der Waals surface area contributed by atoms with Gasteiger partial charge in [0.1, 0.15) is 23.4 Å². The summed E-state index contributed by atoms with van der Waals surface area (Å²) in [6, 6.07) is 0. The number of nitrogens with zero attached hydrogens (tertiary/aromatic N) is 1. The number of carbonyl (C=O) groups is 1. The summed E-state index contributed by atoms with van der Waals surface area (Å²) >= 11 is 0. The van der Waals surface area contributed by atoms with Crippen molar-refractivity contribution in [1.29, 1.82) is 0 Å². The number of amides is 1. The molecule has 7 heteroatoms. The second-order valence-corrected chi connectivity index (χ2v) is 11.1. The van der Waals surface area contributed by atoms with Crippen molar-refractivity contribution in [1.82, 2.24) is 4.90 Å². The van der Waals surface area contributed by atoms with E-state index in [0.29, 0.717) is 0 Å². The normalized spacial score (nSPS) is 42.2. The van der Waals surface area contributed by atoms with Crippen molar-refractivity contribution in [2.24, 2.45) is 11.3 Å². The number of allylic oxidation sites excluding steroid dienone is 1. The Balaban J connectivity index is 1.24. The van der Waals surface area contributed by atoms with Crippen LogP contribution in [-0.4, -0.2) is 80.5 Å². The topological polar surface area (TPSA) is 73.1 Å². The number of ether oxygens (including phenoxy) is 5. The van der Waals surface area contributed by atoms with Gasteiger partial charge in [-0.2, -0.15) is 0 Å². The molecule has 0 radical (unpaired) electrons. The quantitative estimate of drug-likeness (QED) is 0.471. The number of epoxide rings is 2. The Labute approximate surface area is 191 Å². The maximum absolute atomic E-state index is 13.1. The Morgan fingerprint density at radius 3 is 2.50 bits per heavy atom. The molecule has 1 aliphatic carbocycles. The van der Waals surface area contributed by atoms with Gasteiger partial charge in [-0.15, -0.1) is 0 Å². The summed E-state index contributed by atoms with van der Waals surface area (Å²) in [5.41, 5.74) is 1.06. The molecule has 6 atom stereocenters. The third-order valence-corrected chi connectivity index (χ3v) is 8.76. The van der Waals surface area contributed by atoms with E-state index in [1.165, 1.54) is 5.57 Å². The number of methoxy groups -OCH3 is 1. The van der Waals surface area contributed by atoms with Gasteiger partial charge in [0.25, 0.3) is 0 Å². The van der Waals surface area contributed by atoms with Crippen molar-refractivity contribution >= 4 is 6.09 Å². The van der Waals surface area contributed by atoms with E-state index >= 15 is 0 Å². The van der Waals surface area contributed by atoms with Gasteiger partial charge in [0.05, 0.1) is 25.2 Å². The standard InChI is InChI=1S/C25H39NO6/c1-17(2)5-6-19-23(3,32-19)21-20(28-4)18(7-8-25(21)16-30-25)31-22(27)26-12-9-24(10-13-26)11-14-29-15-24/h5,18-21H,6-16H2,1-4H3/t18?,19-,20?,21?,23+,25?/m1/s1. The molecule has 0 bridgehead atoms. The average molecular weight is 450 g/mol. The summed E-state index contributed by atoms with van der Waals surface area (Å²) in [5, 5.41) is 0. The van der Waals surface area contributed by atoms with Crippen molar-refractivity contribution in [3.05, 3.63) is 11.6 Å². The van der Waals surface area contributed by atoms with Gasteiger partial charge in [0.15, 0.2) is 0 Å². The highest BCUT2D eigenvalue weighted by Crippen LogP contribution is 2.59. The fraction of sp³-hybridized carbons (Fsp3) is 0.880. The lowest BCUT2D eigenvalue weighted by Crippen LogP contribution is -2.56. The van der Waals surface area contributed by atoms with Gasteiger partial charge in [-0.05, 0) is 64.7 Å². The zero-order valence-corrected chi connectivity index (χ0v) is 20.1. The Kier molecular flexibility index (Phi) is 5.84. The minimum Gasteiger partial charge on any atom is -0.443 e. The second kappa shape index (κ2) is 8.26. The van der Waals surface area contributed by atoms with Gasteiger partial charge in [0.2, 0.25) is 0 Å². The highest BCUT2D eigenvalue weighted by Gasteiger charge is 2.72. The van der Waals surface area contributed by atoms with E-state index in [2.05, 4.69) is 26.8 Å². The molecule has 32 heavy (non-hydrogen) atoms. The molecule has 0 aromatic carbocycles. The molecule has 0 N–H and O–H groups in total. The zero-order chi connectivity index (χ0) is 22.6. The first-order valence-corrected chi connectivity index (χ1v) is 12.3. The molecule has 2 spiro atoms. The number of carbonyl (C=O) groups excluding carboxylic acids is 1. The molecule has 4 unspecified atom stereocenters. The molecule has 4 heterocycles. The van der Waals surface area contributed by atoms with Gasteiger partial charge in [0, 0.05) is 26.8 Å². The molecule has 5 fully saturated rings. The van der Waals surface area contributed by atoms with Gasteiger partial charge >= 0.3 is 6.09 Å². The summed E-state index contributed by atoms with van der Waals surface area (Å²) < 4.78 is 30.0. The molecule has 1 amide bonds. The van der Waals surface area contributed by atoms with Crippen molar-refractivity contribution in [2.45, 2.75) is 88.8 Å². The SMILES string of the molecule is COC1C(OC(=O)N2CCC3(CCOC3)CC2)CCC2(CO2)C1[C@@]1(C)O[C@@H]1CC=C(C)C. The third kappa shape index (κ3) is 3.99. The summed E-state index contributed by atoms with van der Waals surface area (Å²) in [5.74, 6) is 0.0578. The summed E-state index contributed by atoms with van der Waals surface area (Å²) in [4.78, 5) is 14.9. The minimum absolute atomic E-state index is 0.0578. The van der Waals surface area contributed by atoms with Crippen LogP contribution in [0.2, 0.25) is 0 Å². The summed E-state index contributed by atoms with van der Waals surface area (Å²) in [6.45, 7) is 10.3. The predicted molar refractivity (Wildman–Crippen MR) is 118 cm³/mol. The van der Waals surface area contributed by atoms with Crippen LogP contribution in [0.4, 0.5) is 4.79 Å². The van der Waals surface area contributed by atoms with E-state index in [1.54, 1.807) is 7.11 Å². The van der Waals surface area contributed by atoms with Gasteiger partial charge in [-0.3, -0.25) is 0 Å². The average Bonchev–Trinajstić information content (AvgIpc) is 3.64. The zero-order valence-electron chi connectivity index (χ0n) is 20.1. The molecule has 0 aromatic rings. The van der Waals surface area contributed by atoms with Crippen LogP contribution in [0.3, 0.4) is 0 Å². The Morgan fingerprint density at radius 1 is 1.16 bits per heavy atom. The maximum Gasteiger partial charge on any atom is 0.410 e. The van der Waals surface area contributed by atoms with Gasteiger partial charge < -0.3 is 28.6 Å². The van der Waals surface area contributed by atoms with E-state index in [9.17, 15) is 4.79 Å². The van der Waals surface area contributed by atoms with Crippen LogP contribution in [-0.2, 0) is 23.7 Å². The lowest BCUT2D eigenvalue weighted by Gasteiger charge is -2.44. The van der Waals surface area contributed by atoms with Crippen LogP contribution >= 0.6 is 0 Å². The molecule has 4 aliphatic heterocycles. The van der Waals surface area contributed by atoms with Crippen molar-refractivity contribution in [3.63, 3.8) is 0 Å². The van der Waals surface area contributed by atoms with E-state index in [1.807, 2.05) is 4.90 Å². The number of hydrogen-bond acceptors (Lipinski definition) is 6. The number of rotatable bonds is 5. The molecule has 0 aromatic heterocycles. The lowest BCUT2D eigenvalue weighted by atomic mass is 9.68. The molecule has 5 rings (SSSR count). The van der Waals surface area contributed by atoms with Crippen molar-refractivity contribution < 1.29 is 28.5 Å². The second-order valence-electron chi connectivity index (χ2n) is 11.1. The number of likely N-dealkylation sites (tertiary alicyclic amines) is 1. The number of hydrogen-bond donors (Lipinski definition) is 0. The molecule has 7 nitrogen and oxygen atoms in total. The third-order valence-electron chi connectivity index (χ3n) is 8.76. The fourth-order valence-corrected chi connectivity index (χ4v) is 6.48. The molecule has 5 aliphatic rings. The predicted octanol–water partition coefficient (Wildman–Crippen LogP) is 3.70. The molecular formula is C25H39NO6. The first-order valence-electron chi connectivity index (χ1n) is 12.3. The van der Waals surface area contributed by atoms with Crippen LogP contribution in [0.5, 0.6) is 0 Å². The highest BCUT2D eigenvalue weighted by atomic mass is 16.6. The molecular weight excluding hydrogens is 410 g/mol. The highest BCUT2D eigenvalue weighted by molar-refractivity contribution is 5.68. The Hall–Kier alpha value is -1.15. The molecule has 4 saturated heterocycles. The first-order chi connectivity index (χ1) is 15.3. The van der Waals surface area contributed by atoms with Crippen molar-refractivity contribution in [3.8, 4) is 0 Å². The summed E-state index contributed by atoms with van der Waals surface area (Å²) in [7, 11) is 1.72. The smallest absolute Gasteiger partial charge is 0.410 e. The minimum atomic E-state index is -0.311. The summed E-state index contributed by atoms with van der Waals surface area (Å²) in [6.07, 6.45) is 7.33. The van der Waals surface area contributed by atoms with E-state index in [4.69, 9.17) is 23.7 Å². The largest absolute Gasteiger partial charge is 0.443 e. The Morgan fingerprint density at radius 2 is 1.91 bits per heavy atom. The fourth-order valence-electron chi connectivity index (χ4n) is 6.48. The van der Waals surface area contributed by atoms with E-state index in [-0.39, 0.29) is 46.9 Å². The molecule has 180 valence electrons. The van der Waals surface area contributed by atoms with Crippen LogP contribution in [0.1, 0.15) is 59.3 Å².